The van der Waals surface area contributed by atoms with Crippen LogP contribution in [0.4, 0.5) is 0 Å². The van der Waals surface area contributed by atoms with Crippen molar-refractivity contribution in [3.05, 3.63) is 75.4 Å². The number of nitriles is 1. The van der Waals surface area contributed by atoms with E-state index in [4.69, 9.17) is 27.9 Å². The number of ether oxygens (including phenoxy) is 1. The lowest BCUT2D eigenvalue weighted by Gasteiger charge is -2.10. The van der Waals surface area contributed by atoms with E-state index in [0.29, 0.717) is 23.1 Å². The number of fused-ring (bicyclic) bond motifs is 1. The van der Waals surface area contributed by atoms with Gasteiger partial charge in [-0.05, 0) is 42.7 Å². The van der Waals surface area contributed by atoms with Gasteiger partial charge in [-0.15, -0.1) is 0 Å². The minimum Gasteiger partial charge on any atom is -0.376 e. The largest absolute Gasteiger partial charge is 0.376 e. The first-order valence-corrected chi connectivity index (χ1v) is 10.8. The molecule has 0 saturated carbocycles. The van der Waals surface area contributed by atoms with Crippen LogP contribution in [0.25, 0.3) is 17.0 Å². The second kappa shape index (κ2) is 9.57. The van der Waals surface area contributed by atoms with E-state index in [-0.39, 0.29) is 11.7 Å². The molecule has 5 nitrogen and oxygen atoms in total. The molecule has 2 aromatic carbocycles. The maximum Gasteiger partial charge on any atom is 0.262 e. The molecular formula is C24H21Cl2N3O2. The van der Waals surface area contributed by atoms with Crippen LogP contribution >= 0.6 is 23.2 Å². The van der Waals surface area contributed by atoms with E-state index in [1.165, 1.54) is 0 Å². The van der Waals surface area contributed by atoms with Gasteiger partial charge in [0.15, 0.2) is 0 Å². The second-order valence-electron chi connectivity index (χ2n) is 7.48. The first-order valence-electron chi connectivity index (χ1n) is 10.1. The predicted molar refractivity (Wildman–Crippen MR) is 123 cm³/mol. The van der Waals surface area contributed by atoms with Crippen molar-refractivity contribution in [3.8, 4) is 6.07 Å². The summed E-state index contributed by atoms with van der Waals surface area (Å²) in [5.41, 5.74) is 2.77. The average molecular weight is 454 g/mol. The molecule has 1 aliphatic heterocycles. The van der Waals surface area contributed by atoms with Crippen LogP contribution in [0, 0.1) is 11.3 Å². The highest BCUT2D eigenvalue weighted by Crippen LogP contribution is 2.27. The molecule has 0 aliphatic carbocycles. The monoisotopic (exact) mass is 453 g/mol. The molecule has 4 rings (SSSR count). The highest BCUT2D eigenvalue weighted by molar-refractivity contribution is 6.35. The summed E-state index contributed by atoms with van der Waals surface area (Å²) in [6, 6.07) is 15.3. The van der Waals surface area contributed by atoms with E-state index < -0.39 is 5.91 Å². The Kier molecular flexibility index (Phi) is 6.62. The fourth-order valence-electron chi connectivity index (χ4n) is 3.77. The highest BCUT2D eigenvalue weighted by Gasteiger charge is 2.18. The van der Waals surface area contributed by atoms with E-state index in [9.17, 15) is 10.1 Å². The lowest BCUT2D eigenvalue weighted by Crippen LogP contribution is -2.32. The van der Waals surface area contributed by atoms with Gasteiger partial charge in [0.2, 0.25) is 0 Å². The minimum absolute atomic E-state index is 0.0231. The Hall–Kier alpha value is -2.78. The molecule has 7 heteroatoms. The summed E-state index contributed by atoms with van der Waals surface area (Å²) >= 11 is 12.4. The summed E-state index contributed by atoms with van der Waals surface area (Å²) in [5, 5.41) is 14.5. The quantitative estimate of drug-likeness (QED) is 0.411. The molecule has 1 aromatic heterocycles. The van der Waals surface area contributed by atoms with Gasteiger partial charge in [0, 0.05) is 52.4 Å². The minimum atomic E-state index is -0.393. The molecule has 1 saturated heterocycles. The van der Waals surface area contributed by atoms with Gasteiger partial charge in [0.05, 0.1) is 6.10 Å². The van der Waals surface area contributed by atoms with Crippen LogP contribution in [-0.4, -0.2) is 29.7 Å². The van der Waals surface area contributed by atoms with Crippen molar-refractivity contribution in [3.63, 3.8) is 0 Å². The third-order valence-electron chi connectivity index (χ3n) is 5.35. The third kappa shape index (κ3) is 4.94. The molecule has 3 aromatic rings. The summed E-state index contributed by atoms with van der Waals surface area (Å²) in [5.74, 6) is -0.393. The smallest absolute Gasteiger partial charge is 0.262 e. The van der Waals surface area contributed by atoms with Gasteiger partial charge in [0.25, 0.3) is 5.91 Å². The molecule has 31 heavy (non-hydrogen) atoms. The number of benzene rings is 2. The summed E-state index contributed by atoms with van der Waals surface area (Å²) in [7, 11) is 0. The average Bonchev–Trinajstić information content (AvgIpc) is 3.41. The number of hydrogen-bond donors (Lipinski definition) is 1. The Bertz CT molecular complexity index is 1190. The lowest BCUT2D eigenvalue weighted by molar-refractivity contribution is -0.117. The zero-order valence-corrected chi connectivity index (χ0v) is 18.3. The van der Waals surface area contributed by atoms with Gasteiger partial charge in [0.1, 0.15) is 11.6 Å². The molecule has 0 radical (unpaired) electrons. The van der Waals surface area contributed by atoms with Crippen LogP contribution < -0.4 is 5.32 Å². The SMILES string of the molecule is N#C/C(=C\c1cn(Cc2ccc(Cl)cc2Cl)c2ccccc12)C(=O)NC[C@@H]1CCCO1. The summed E-state index contributed by atoms with van der Waals surface area (Å²) in [6.45, 7) is 1.67. The first kappa shape index (κ1) is 21.5. The Balaban J connectivity index is 1.62. The standard InChI is InChI=1S/C24H21Cl2N3O2/c25-19-8-7-16(22(26)11-19)14-29-15-18(21-5-1-2-6-23(21)29)10-17(12-27)24(30)28-13-20-4-3-9-31-20/h1-2,5-8,10-11,15,20H,3-4,9,13-14H2,(H,28,30)/b17-10+/t20-/m0/s1. The van der Waals surface area contributed by atoms with E-state index in [0.717, 1.165) is 41.5 Å². The van der Waals surface area contributed by atoms with E-state index in [1.54, 1.807) is 12.1 Å². The van der Waals surface area contributed by atoms with Crippen LogP contribution in [0.2, 0.25) is 10.0 Å². The van der Waals surface area contributed by atoms with Crippen molar-refractivity contribution >= 4 is 46.1 Å². The summed E-state index contributed by atoms with van der Waals surface area (Å²) < 4.78 is 7.58. The maximum atomic E-state index is 12.6. The number of rotatable bonds is 6. The second-order valence-corrected chi connectivity index (χ2v) is 8.32. The molecule has 1 fully saturated rings. The van der Waals surface area contributed by atoms with Crippen LogP contribution in [0.1, 0.15) is 24.0 Å². The molecule has 1 atom stereocenters. The number of aromatic nitrogens is 1. The normalized spacial score (nSPS) is 16.4. The van der Waals surface area contributed by atoms with Gasteiger partial charge in [-0.2, -0.15) is 5.26 Å². The molecule has 1 aliphatic rings. The van der Waals surface area contributed by atoms with Crippen LogP contribution in [0.3, 0.4) is 0 Å². The van der Waals surface area contributed by atoms with Crippen molar-refractivity contribution in [1.29, 1.82) is 5.26 Å². The van der Waals surface area contributed by atoms with Crippen LogP contribution in [0.15, 0.2) is 54.2 Å². The number of nitrogens with zero attached hydrogens (tertiary/aromatic N) is 2. The number of hydrogen-bond acceptors (Lipinski definition) is 3. The van der Waals surface area contributed by atoms with Gasteiger partial charge in [-0.25, -0.2) is 0 Å². The topological polar surface area (TPSA) is 67.0 Å². The van der Waals surface area contributed by atoms with Gasteiger partial charge >= 0.3 is 0 Å². The van der Waals surface area contributed by atoms with E-state index in [2.05, 4.69) is 9.88 Å². The van der Waals surface area contributed by atoms with Crippen molar-refractivity contribution in [2.75, 3.05) is 13.2 Å². The Morgan fingerprint density at radius 2 is 2.13 bits per heavy atom. The number of nitrogens with one attached hydrogen (secondary N) is 1. The zero-order chi connectivity index (χ0) is 21.8. The predicted octanol–water partition coefficient (Wildman–Crippen LogP) is 5.20. The number of carbonyl (C=O) groups is 1. The van der Waals surface area contributed by atoms with Crippen LogP contribution in [-0.2, 0) is 16.1 Å². The molecule has 0 bridgehead atoms. The fraction of sp³-hybridized carbons (Fsp3) is 0.250. The Morgan fingerprint density at radius 1 is 1.29 bits per heavy atom. The van der Waals surface area contributed by atoms with Gasteiger partial charge in [-0.1, -0.05) is 47.5 Å². The van der Waals surface area contributed by atoms with Crippen molar-refractivity contribution in [1.82, 2.24) is 9.88 Å². The molecular weight excluding hydrogens is 433 g/mol. The molecule has 158 valence electrons. The molecule has 1 N–H and O–H groups in total. The number of para-hydroxylation sites is 1. The van der Waals surface area contributed by atoms with Crippen molar-refractivity contribution in [2.24, 2.45) is 0 Å². The summed E-state index contributed by atoms with van der Waals surface area (Å²) in [6.07, 6.45) is 5.51. The molecule has 0 spiro atoms. The van der Waals surface area contributed by atoms with E-state index in [1.807, 2.05) is 48.7 Å². The first-order chi connectivity index (χ1) is 15.0. The van der Waals surface area contributed by atoms with Crippen molar-refractivity contribution in [2.45, 2.75) is 25.5 Å². The number of amides is 1. The lowest BCUT2D eigenvalue weighted by atomic mass is 10.1. The van der Waals surface area contributed by atoms with E-state index >= 15 is 0 Å². The molecule has 0 unspecified atom stereocenters. The number of carbonyl (C=O) groups excluding carboxylic acids is 1. The van der Waals surface area contributed by atoms with Crippen molar-refractivity contribution < 1.29 is 9.53 Å². The van der Waals surface area contributed by atoms with Gasteiger partial charge in [-0.3, -0.25) is 4.79 Å². The Labute approximate surface area is 190 Å². The third-order valence-corrected chi connectivity index (χ3v) is 5.94. The molecule has 2 heterocycles. The van der Waals surface area contributed by atoms with Gasteiger partial charge < -0.3 is 14.6 Å². The fourth-order valence-corrected chi connectivity index (χ4v) is 4.23. The Morgan fingerprint density at radius 3 is 2.87 bits per heavy atom. The maximum absolute atomic E-state index is 12.6. The zero-order valence-electron chi connectivity index (χ0n) is 16.8. The number of halogens is 2. The van der Waals surface area contributed by atoms with Crippen LogP contribution in [0.5, 0.6) is 0 Å². The highest BCUT2D eigenvalue weighted by atomic mass is 35.5. The molecule has 1 amide bonds. The summed E-state index contributed by atoms with van der Waals surface area (Å²) in [4.78, 5) is 12.6.